The second-order valence-corrected chi connectivity index (χ2v) is 7.02. The van der Waals surface area contributed by atoms with Crippen LogP contribution >= 0.6 is 0 Å². The van der Waals surface area contributed by atoms with Gasteiger partial charge in [-0.25, -0.2) is 4.39 Å². The standard InChI is InChI=1S/C23H23FN2O5/c1-15-12-19(16(2)26(15)18-7-3-6-17(24)13-18)20(27)14-31-22(28)9-4-10-25-23(29)21-8-5-11-30-21/h3,5-8,11-13H,4,9-10,14H2,1-2H3,(H,25,29). The maximum atomic E-state index is 13.6. The first-order valence-electron chi connectivity index (χ1n) is 9.82. The van der Waals surface area contributed by atoms with E-state index in [2.05, 4.69) is 5.32 Å². The summed E-state index contributed by atoms with van der Waals surface area (Å²) in [5, 5.41) is 2.63. The Morgan fingerprint density at radius 2 is 1.94 bits per heavy atom. The molecule has 0 spiro atoms. The third-order valence-corrected chi connectivity index (χ3v) is 4.75. The highest BCUT2D eigenvalue weighted by atomic mass is 19.1. The number of rotatable bonds is 9. The van der Waals surface area contributed by atoms with Gasteiger partial charge in [-0.1, -0.05) is 6.07 Å². The first-order chi connectivity index (χ1) is 14.9. The van der Waals surface area contributed by atoms with Crippen LogP contribution in [-0.2, 0) is 9.53 Å². The largest absolute Gasteiger partial charge is 0.459 e. The smallest absolute Gasteiger partial charge is 0.306 e. The summed E-state index contributed by atoms with van der Waals surface area (Å²) in [4.78, 5) is 36.2. The molecule has 0 fully saturated rings. The Morgan fingerprint density at radius 3 is 2.65 bits per heavy atom. The molecule has 7 nitrogen and oxygen atoms in total. The molecule has 3 rings (SSSR count). The molecule has 2 heterocycles. The number of carbonyl (C=O) groups is 3. The van der Waals surface area contributed by atoms with Gasteiger partial charge in [0.15, 0.2) is 12.4 Å². The Labute approximate surface area is 178 Å². The van der Waals surface area contributed by atoms with Crippen molar-refractivity contribution in [2.75, 3.05) is 13.2 Å². The highest BCUT2D eigenvalue weighted by Crippen LogP contribution is 2.22. The lowest BCUT2D eigenvalue weighted by molar-refractivity contribution is -0.142. The molecule has 1 amide bonds. The van der Waals surface area contributed by atoms with E-state index < -0.39 is 5.97 Å². The fraction of sp³-hybridized carbons (Fsp3) is 0.261. The molecule has 3 aromatic rings. The fourth-order valence-corrected chi connectivity index (χ4v) is 3.28. The summed E-state index contributed by atoms with van der Waals surface area (Å²) in [6, 6.07) is 10.9. The number of Topliss-reactive ketones (excluding diaryl/α,β-unsaturated/α-hetero) is 1. The number of aromatic nitrogens is 1. The first-order valence-corrected chi connectivity index (χ1v) is 9.82. The Balaban J connectivity index is 1.49. The summed E-state index contributed by atoms with van der Waals surface area (Å²) < 4.78 is 25.4. The summed E-state index contributed by atoms with van der Waals surface area (Å²) in [5.74, 6) is -1.40. The normalized spacial score (nSPS) is 10.7. The van der Waals surface area contributed by atoms with Crippen LogP contribution in [0.2, 0.25) is 0 Å². The number of halogens is 1. The van der Waals surface area contributed by atoms with Crippen molar-refractivity contribution in [3.8, 4) is 5.69 Å². The molecule has 0 saturated heterocycles. The number of carbonyl (C=O) groups excluding carboxylic acids is 3. The fourth-order valence-electron chi connectivity index (χ4n) is 3.28. The van der Waals surface area contributed by atoms with Crippen molar-refractivity contribution in [1.82, 2.24) is 9.88 Å². The lowest BCUT2D eigenvalue weighted by Crippen LogP contribution is -2.24. The predicted molar refractivity (Wildman–Crippen MR) is 111 cm³/mol. The molecule has 0 aliphatic heterocycles. The minimum absolute atomic E-state index is 0.0635. The number of amides is 1. The van der Waals surface area contributed by atoms with Gasteiger partial charge >= 0.3 is 5.97 Å². The number of nitrogens with zero attached hydrogens (tertiary/aromatic N) is 1. The van der Waals surface area contributed by atoms with E-state index in [0.717, 1.165) is 5.69 Å². The average molecular weight is 426 g/mol. The zero-order valence-corrected chi connectivity index (χ0v) is 17.3. The van der Waals surface area contributed by atoms with Crippen LogP contribution in [0.5, 0.6) is 0 Å². The van der Waals surface area contributed by atoms with Crippen molar-refractivity contribution in [2.45, 2.75) is 26.7 Å². The molecule has 162 valence electrons. The molecule has 8 heteroatoms. The average Bonchev–Trinajstić information content (AvgIpc) is 3.37. The van der Waals surface area contributed by atoms with E-state index in [1.807, 2.05) is 6.92 Å². The molecule has 31 heavy (non-hydrogen) atoms. The molecule has 0 radical (unpaired) electrons. The van der Waals surface area contributed by atoms with E-state index in [9.17, 15) is 18.8 Å². The lowest BCUT2D eigenvalue weighted by Gasteiger charge is -2.10. The zero-order chi connectivity index (χ0) is 22.4. The minimum atomic E-state index is -0.528. The van der Waals surface area contributed by atoms with Crippen molar-refractivity contribution in [3.05, 3.63) is 77.3 Å². The second-order valence-electron chi connectivity index (χ2n) is 7.02. The zero-order valence-electron chi connectivity index (χ0n) is 17.3. The van der Waals surface area contributed by atoms with Crippen LogP contribution in [0.15, 0.2) is 53.1 Å². The van der Waals surface area contributed by atoms with Crippen LogP contribution in [0.3, 0.4) is 0 Å². The van der Waals surface area contributed by atoms with Crippen LogP contribution < -0.4 is 5.32 Å². The number of aryl methyl sites for hydroxylation is 1. The van der Waals surface area contributed by atoms with Gasteiger partial charge in [0.05, 0.1) is 6.26 Å². The molecule has 1 N–H and O–H groups in total. The van der Waals surface area contributed by atoms with Gasteiger partial charge in [0.1, 0.15) is 5.82 Å². The number of hydrogen-bond acceptors (Lipinski definition) is 5. The molecular formula is C23H23FN2O5. The van der Waals surface area contributed by atoms with Crippen molar-refractivity contribution in [2.24, 2.45) is 0 Å². The summed E-state index contributed by atoms with van der Waals surface area (Å²) in [5.41, 5.74) is 2.44. The van der Waals surface area contributed by atoms with Crippen LogP contribution in [0.4, 0.5) is 4.39 Å². The van der Waals surface area contributed by atoms with Gasteiger partial charge in [0.25, 0.3) is 5.91 Å². The predicted octanol–water partition coefficient (Wildman–Crippen LogP) is 3.76. The molecular weight excluding hydrogens is 403 g/mol. The van der Waals surface area contributed by atoms with Crippen LogP contribution in [0, 0.1) is 19.7 Å². The van der Waals surface area contributed by atoms with Gasteiger partial charge in [-0.2, -0.15) is 0 Å². The third kappa shape index (κ3) is 5.48. The molecule has 1 aromatic carbocycles. The van der Waals surface area contributed by atoms with Gasteiger partial charge in [0.2, 0.25) is 5.78 Å². The Kier molecular flexibility index (Phi) is 7.02. The van der Waals surface area contributed by atoms with Gasteiger partial charge in [-0.3, -0.25) is 14.4 Å². The second kappa shape index (κ2) is 9.88. The summed E-state index contributed by atoms with van der Waals surface area (Å²) in [7, 11) is 0. The number of furan rings is 1. The topological polar surface area (TPSA) is 90.5 Å². The highest BCUT2D eigenvalue weighted by molar-refractivity contribution is 5.99. The van der Waals surface area contributed by atoms with Crippen LogP contribution in [0.25, 0.3) is 5.69 Å². The number of benzene rings is 1. The maximum absolute atomic E-state index is 13.6. The first kappa shape index (κ1) is 22.0. The molecule has 2 aromatic heterocycles. The van der Waals surface area contributed by atoms with E-state index in [1.54, 1.807) is 41.8 Å². The van der Waals surface area contributed by atoms with Crippen LogP contribution in [-0.4, -0.2) is 35.4 Å². The van der Waals surface area contributed by atoms with Gasteiger partial charge in [0, 0.05) is 35.6 Å². The lowest BCUT2D eigenvalue weighted by atomic mass is 10.1. The number of esters is 1. The number of ketones is 1. The molecule has 0 saturated carbocycles. The maximum Gasteiger partial charge on any atom is 0.306 e. The number of nitrogens with one attached hydrogen (secondary N) is 1. The molecule has 0 aliphatic carbocycles. The Bertz CT molecular complexity index is 1090. The summed E-state index contributed by atoms with van der Waals surface area (Å²) >= 11 is 0. The SMILES string of the molecule is Cc1cc(C(=O)COC(=O)CCCNC(=O)c2ccco2)c(C)n1-c1cccc(F)c1. The Hall–Kier alpha value is -3.68. The van der Waals surface area contributed by atoms with E-state index in [-0.39, 0.29) is 42.8 Å². The van der Waals surface area contributed by atoms with Crippen LogP contribution in [0.1, 0.15) is 45.1 Å². The highest BCUT2D eigenvalue weighted by Gasteiger charge is 2.18. The summed E-state index contributed by atoms with van der Waals surface area (Å²) in [6.07, 6.45) is 1.83. The van der Waals surface area contributed by atoms with Crippen molar-refractivity contribution < 1.29 is 27.9 Å². The Morgan fingerprint density at radius 1 is 1.13 bits per heavy atom. The van der Waals surface area contributed by atoms with Crippen molar-refractivity contribution in [3.63, 3.8) is 0 Å². The van der Waals surface area contributed by atoms with Crippen molar-refractivity contribution >= 4 is 17.7 Å². The number of ether oxygens (including phenoxy) is 1. The third-order valence-electron chi connectivity index (χ3n) is 4.75. The minimum Gasteiger partial charge on any atom is -0.459 e. The van der Waals surface area contributed by atoms with E-state index in [0.29, 0.717) is 23.4 Å². The van der Waals surface area contributed by atoms with E-state index in [1.165, 1.54) is 18.4 Å². The summed E-state index contributed by atoms with van der Waals surface area (Å²) in [6.45, 7) is 3.47. The quantitative estimate of drug-likeness (QED) is 0.320. The molecule has 0 bridgehead atoms. The van der Waals surface area contributed by atoms with Gasteiger partial charge < -0.3 is 19.0 Å². The molecule has 0 aliphatic rings. The van der Waals surface area contributed by atoms with Gasteiger partial charge in [-0.05, 0) is 56.7 Å². The van der Waals surface area contributed by atoms with E-state index >= 15 is 0 Å². The molecule has 0 atom stereocenters. The molecule has 0 unspecified atom stereocenters. The van der Waals surface area contributed by atoms with Crippen molar-refractivity contribution in [1.29, 1.82) is 0 Å². The monoisotopic (exact) mass is 426 g/mol. The van der Waals surface area contributed by atoms with Gasteiger partial charge in [-0.15, -0.1) is 0 Å². The van der Waals surface area contributed by atoms with E-state index in [4.69, 9.17) is 9.15 Å². The number of hydrogen-bond donors (Lipinski definition) is 1.